The Hall–Kier alpha value is -0.710. The summed E-state index contributed by atoms with van der Waals surface area (Å²) in [6.07, 6.45) is 0.944. The number of benzene rings is 1. The summed E-state index contributed by atoms with van der Waals surface area (Å²) in [4.78, 5) is 0. The van der Waals surface area contributed by atoms with E-state index in [0.29, 0.717) is 6.61 Å². The molecule has 5 nitrogen and oxygen atoms in total. The van der Waals surface area contributed by atoms with Crippen LogP contribution in [0.2, 0.25) is 0 Å². The van der Waals surface area contributed by atoms with E-state index in [1.807, 2.05) is 4.67 Å². The summed E-state index contributed by atoms with van der Waals surface area (Å²) in [5, 5.41) is 3.09. The van der Waals surface area contributed by atoms with E-state index < -0.39 is 7.67 Å². The third kappa shape index (κ3) is 3.55. The van der Waals surface area contributed by atoms with Crippen LogP contribution in [0.25, 0.3) is 0 Å². The maximum absolute atomic E-state index is 12.7. The zero-order valence-electron chi connectivity index (χ0n) is 12.7. The molecule has 2 aliphatic rings. The smallest absolute Gasteiger partial charge is 0.320 e. The van der Waals surface area contributed by atoms with Crippen LogP contribution in [0.5, 0.6) is 0 Å². The molecule has 2 aliphatic heterocycles. The second kappa shape index (κ2) is 6.19. The van der Waals surface area contributed by atoms with Gasteiger partial charge >= 0.3 is 7.67 Å². The van der Waals surface area contributed by atoms with Crippen LogP contribution >= 0.6 is 7.67 Å². The normalized spacial score (nSPS) is 30.1. The van der Waals surface area contributed by atoms with Gasteiger partial charge in [0, 0.05) is 12.1 Å². The minimum Gasteiger partial charge on any atom is -0.320 e. The average molecular weight is 310 g/mol. The predicted octanol–water partition coefficient (Wildman–Crippen LogP) is 2.07. The molecule has 1 unspecified atom stereocenters. The summed E-state index contributed by atoms with van der Waals surface area (Å²) in [5.74, 6) is 0. The molecule has 6 heteroatoms. The first-order valence-corrected chi connectivity index (χ1v) is 9.30. The molecule has 1 N–H and O–H groups in total. The van der Waals surface area contributed by atoms with Gasteiger partial charge in [0.2, 0.25) is 0 Å². The molecule has 1 atom stereocenters. The highest BCUT2D eigenvalue weighted by Gasteiger charge is 2.39. The SMILES string of the molecule is C[N+]1(Cc2ccccc2)CCN(P2(=O)NCCCO2)CC1. The lowest BCUT2D eigenvalue weighted by atomic mass is 10.1. The molecule has 0 aliphatic carbocycles. The molecule has 116 valence electrons. The fourth-order valence-corrected chi connectivity index (χ4v) is 5.07. The van der Waals surface area contributed by atoms with Crippen molar-refractivity contribution in [1.82, 2.24) is 9.76 Å². The van der Waals surface area contributed by atoms with Gasteiger partial charge in [0.05, 0.1) is 39.8 Å². The van der Waals surface area contributed by atoms with Crippen molar-refractivity contribution in [2.45, 2.75) is 13.0 Å². The Bertz CT molecular complexity index is 505. The van der Waals surface area contributed by atoms with Crippen LogP contribution < -0.4 is 5.09 Å². The fraction of sp³-hybridized carbons (Fsp3) is 0.600. The van der Waals surface area contributed by atoms with Crippen LogP contribution in [0.1, 0.15) is 12.0 Å². The van der Waals surface area contributed by atoms with Gasteiger partial charge in [0.1, 0.15) is 6.54 Å². The van der Waals surface area contributed by atoms with Crippen molar-refractivity contribution >= 4 is 7.67 Å². The maximum Gasteiger partial charge on any atom is 0.343 e. The van der Waals surface area contributed by atoms with E-state index in [-0.39, 0.29) is 0 Å². The lowest BCUT2D eigenvalue weighted by Crippen LogP contribution is -2.56. The first-order valence-electron chi connectivity index (χ1n) is 7.72. The molecular formula is C15H25N3O2P+. The molecule has 2 fully saturated rings. The van der Waals surface area contributed by atoms with Gasteiger partial charge in [-0.3, -0.25) is 4.57 Å². The Kier molecular flexibility index (Phi) is 4.48. The number of piperazine rings is 1. The Morgan fingerprint density at radius 2 is 2.00 bits per heavy atom. The van der Waals surface area contributed by atoms with E-state index >= 15 is 0 Å². The molecule has 0 radical (unpaired) electrons. The van der Waals surface area contributed by atoms with Crippen molar-refractivity contribution in [2.24, 2.45) is 0 Å². The molecule has 0 bridgehead atoms. The summed E-state index contributed by atoms with van der Waals surface area (Å²) < 4.78 is 21.3. The lowest BCUT2D eigenvalue weighted by molar-refractivity contribution is -0.925. The van der Waals surface area contributed by atoms with Gasteiger partial charge < -0.3 is 9.01 Å². The van der Waals surface area contributed by atoms with Crippen molar-refractivity contribution in [3.8, 4) is 0 Å². The predicted molar refractivity (Wildman–Crippen MR) is 83.8 cm³/mol. The zero-order valence-corrected chi connectivity index (χ0v) is 13.6. The minimum atomic E-state index is -2.75. The third-order valence-corrected chi connectivity index (χ3v) is 6.77. The first kappa shape index (κ1) is 15.2. The topological polar surface area (TPSA) is 41.6 Å². The van der Waals surface area contributed by atoms with E-state index in [9.17, 15) is 4.57 Å². The summed E-state index contributed by atoms with van der Waals surface area (Å²) in [5.41, 5.74) is 1.37. The largest absolute Gasteiger partial charge is 0.343 e. The number of hydrogen-bond acceptors (Lipinski definition) is 2. The van der Waals surface area contributed by atoms with Crippen LogP contribution in [0.4, 0.5) is 0 Å². The standard InChI is InChI=1S/C15H25N3O2P/c1-18(14-15-6-3-2-4-7-15)11-9-17(10-12-18)21(19)16-8-5-13-20-21/h2-4,6-7H,5,8-14H2,1H3,(H,16,19)/q+1. The highest BCUT2D eigenvalue weighted by Crippen LogP contribution is 2.48. The summed E-state index contributed by atoms with van der Waals surface area (Å²) in [6, 6.07) is 10.6. The van der Waals surface area contributed by atoms with Crippen LogP contribution in [-0.2, 0) is 15.6 Å². The number of nitrogens with zero attached hydrogens (tertiary/aromatic N) is 2. The van der Waals surface area contributed by atoms with Gasteiger partial charge in [0.15, 0.2) is 0 Å². The molecule has 2 heterocycles. The monoisotopic (exact) mass is 310 g/mol. The van der Waals surface area contributed by atoms with Crippen LogP contribution in [0.3, 0.4) is 0 Å². The summed E-state index contributed by atoms with van der Waals surface area (Å²) in [7, 11) is -0.467. The van der Waals surface area contributed by atoms with Crippen molar-refractivity contribution in [3.05, 3.63) is 35.9 Å². The maximum atomic E-state index is 12.7. The van der Waals surface area contributed by atoms with E-state index in [1.165, 1.54) is 5.56 Å². The summed E-state index contributed by atoms with van der Waals surface area (Å²) in [6.45, 7) is 6.10. The Labute approximate surface area is 127 Å². The number of nitrogens with one attached hydrogen (secondary N) is 1. The number of hydrogen-bond donors (Lipinski definition) is 1. The van der Waals surface area contributed by atoms with Crippen LogP contribution in [0.15, 0.2) is 30.3 Å². The van der Waals surface area contributed by atoms with Gasteiger partial charge in [-0.2, -0.15) is 0 Å². The first-order chi connectivity index (χ1) is 10.1. The average Bonchev–Trinajstić information content (AvgIpc) is 2.49. The molecule has 2 saturated heterocycles. The van der Waals surface area contributed by atoms with Gasteiger partial charge in [-0.15, -0.1) is 0 Å². The molecule has 0 amide bonds. The van der Waals surface area contributed by atoms with Crippen molar-refractivity contribution in [1.29, 1.82) is 0 Å². The molecule has 21 heavy (non-hydrogen) atoms. The van der Waals surface area contributed by atoms with Gasteiger partial charge in [-0.1, -0.05) is 30.3 Å². The fourth-order valence-electron chi connectivity index (χ4n) is 3.09. The van der Waals surface area contributed by atoms with Crippen molar-refractivity contribution in [3.63, 3.8) is 0 Å². The molecule has 1 aromatic rings. The summed E-state index contributed by atoms with van der Waals surface area (Å²) >= 11 is 0. The van der Waals surface area contributed by atoms with E-state index in [4.69, 9.17) is 4.52 Å². The highest BCUT2D eigenvalue weighted by molar-refractivity contribution is 7.54. The molecule has 0 spiro atoms. The Balaban J connectivity index is 1.60. The second-order valence-electron chi connectivity index (χ2n) is 6.28. The zero-order chi connectivity index (χ0) is 14.8. The van der Waals surface area contributed by atoms with E-state index in [2.05, 4.69) is 42.5 Å². The van der Waals surface area contributed by atoms with Crippen LogP contribution in [0, 0.1) is 0 Å². The van der Waals surface area contributed by atoms with E-state index in [0.717, 1.165) is 50.2 Å². The van der Waals surface area contributed by atoms with Crippen molar-refractivity contribution < 1.29 is 13.6 Å². The van der Waals surface area contributed by atoms with Crippen molar-refractivity contribution in [2.75, 3.05) is 46.4 Å². The van der Waals surface area contributed by atoms with Gasteiger partial charge in [0.25, 0.3) is 0 Å². The number of quaternary nitrogens is 1. The Morgan fingerprint density at radius 3 is 2.62 bits per heavy atom. The highest BCUT2D eigenvalue weighted by atomic mass is 31.2. The number of likely N-dealkylation sites (N-methyl/N-ethyl adjacent to an activating group) is 1. The number of rotatable bonds is 3. The van der Waals surface area contributed by atoms with E-state index in [1.54, 1.807) is 0 Å². The minimum absolute atomic E-state index is 0.608. The third-order valence-electron chi connectivity index (χ3n) is 4.47. The molecule has 0 saturated carbocycles. The van der Waals surface area contributed by atoms with Gasteiger partial charge in [-0.05, 0) is 6.42 Å². The quantitative estimate of drug-likeness (QED) is 0.685. The molecule has 0 aromatic heterocycles. The molecule has 1 aromatic carbocycles. The van der Waals surface area contributed by atoms with Gasteiger partial charge in [-0.25, -0.2) is 9.76 Å². The Morgan fingerprint density at radius 1 is 1.29 bits per heavy atom. The molecule has 3 rings (SSSR count). The second-order valence-corrected chi connectivity index (χ2v) is 8.46. The van der Waals surface area contributed by atoms with Crippen LogP contribution in [-0.4, -0.2) is 55.5 Å². The molecular weight excluding hydrogens is 285 g/mol. The lowest BCUT2D eigenvalue weighted by Gasteiger charge is -2.44.